The van der Waals surface area contributed by atoms with E-state index in [0.717, 1.165) is 37.6 Å². The number of rotatable bonds is 6. The quantitative estimate of drug-likeness (QED) is 0.771. The van der Waals surface area contributed by atoms with E-state index >= 15 is 0 Å². The second kappa shape index (κ2) is 8.23. The van der Waals surface area contributed by atoms with Crippen LogP contribution in [0.5, 0.6) is 0 Å². The average molecular weight is 375 g/mol. The smallest absolute Gasteiger partial charge is 0.257 e. The summed E-state index contributed by atoms with van der Waals surface area (Å²) in [5.74, 6) is 0.215. The Morgan fingerprint density at radius 2 is 1.88 bits per heavy atom. The molecule has 2 heterocycles. The zero-order valence-electron chi connectivity index (χ0n) is 15.8. The molecule has 1 saturated heterocycles. The van der Waals surface area contributed by atoms with Crippen LogP contribution in [-0.2, 0) is 0 Å². The van der Waals surface area contributed by atoms with Gasteiger partial charge in [0.05, 0.1) is 23.1 Å². The Morgan fingerprint density at radius 1 is 1.23 bits per heavy atom. The number of hydrogen-bond acceptors (Lipinski definition) is 3. The fourth-order valence-corrected chi connectivity index (χ4v) is 3.60. The van der Waals surface area contributed by atoms with Crippen LogP contribution in [0.1, 0.15) is 48.7 Å². The van der Waals surface area contributed by atoms with Gasteiger partial charge in [-0.05, 0) is 56.1 Å². The van der Waals surface area contributed by atoms with Crippen molar-refractivity contribution in [1.82, 2.24) is 19.6 Å². The first-order valence-electron chi connectivity index (χ1n) is 9.29. The van der Waals surface area contributed by atoms with Crippen LogP contribution in [0.15, 0.2) is 30.5 Å². The van der Waals surface area contributed by atoms with E-state index in [4.69, 9.17) is 11.6 Å². The summed E-state index contributed by atoms with van der Waals surface area (Å²) in [4.78, 5) is 17.2. The molecule has 1 fully saturated rings. The fraction of sp³-hybridized carbons (Fsp3) is 0.500. The van der Waals surface area contributed by atoms with E-state index in [-0.39, 0.29) is 11.8 Å². The molecular weight excluding hydrogens is 348 g/mol. The molecule has 1 aliphatic heterocycles. The number of likely N-dealkylation sites (tertiary alicyclic amines) is 1. The third-order valence-electron chi connectivity index (χ3n) is 4.95. The number of halogens is 1. The monoisotopic (exact) mass is 374 g/mol. The van der Waals surface area contributed by atoms with Gasteiger partial charge >= 0.3 is 0 Å². The Bertz CT molecular complexity index is 748. The molecule has 2 aromatic rings. The molecule has 140 valence electrons. The molecular formula is C20H27ClN4O. The zero-order chi connectivity index (χ0) is 18.7. The predicted molar refractivity (Wildman–Crippen MR) is 105 cm³/mol. The minimum absolute atomic E-state index is 0.0353. The molecule has 3 rings (SSSR count). The number of nitrogens with zero attached hydrogens (tertiary/aromatic N) is 4. The SMILES string of the molecule is CC(C)c1c(C(=O)N(C)CCN2CCCC2)cnn1-c1ccc(Cl)cc1. The molecule has 26 heavy (non-hydrogen) atoms. The van der Waals surface area contributed by atoms with Gasteiger partial charge in [-0.15, -0.1) is 0 Å². The van der Waals surface area contributed by atoms with Gasteiger partial charge in [0.2, 0.25) is 0 Å². The molecule has 0 saturated carbocycles. The van der Waals surface area contributed by atoms with Crippen LogP contribution in [0, 0.1) is 0 Å². The zero-order valence-corrected chi connectivity index (χ0v) is 16.5. The number of hydrogen-bond donors (Lipinski definition) is 0. The van der Waals surface area contributed by atoms with Crippen LogP contribution in [-0.4, -0.2) is 58.7 Å². The summed E-state index contributed by atoms with van der Waals surface area (Å²) in [6, 6.07) is 7.53. The standard InChI is InChI=1S/C20H27ClN4O/c1-15(2)19-18(14-22-25(19)17-8-6-16(21)7-9-17)20(26)23(3)12-13-24-10-4-5-11-24/h6-9,14-15H,4-5,10-13H2,1-3H3. The van der Waals surface area contributed by atoms with Gasteiger partial charge in [0.15, 0.2) is 0 Å². The number of aromatic nitrogens is 2. The molecule has 0 atom stereocenters. The molecule has 1 aromatic heterocycles. The van der Waals surface area contributed by atoms with Gasteiger partial charge in [0, 0.05) is 25.2 Å². The first-order chi connectivity index (χ1) is 12.5. The fourth-order valence-electron chi connectivity index (χ4n) is 3.47. The van der Waals surface area contributed by atoms with Gasteiger partial charge in [0.1, 0.15) is 0 Å². The molecule has 0 spiro atoms. The molecule has 1 aromatic carbocycles. The van der Waals surface area contributed by atoms with Crippen LogP contribution in [0.2, 0.25) is 5.02 Å². The number of carbonyl (C=O) groups is 1. The second-order valence-electron chi connectivity index (χ2n) is 7.26. The maximum Gasteiger partial charge on any atom is 0.257 e. The Labute approximate surface area is 160 Å². The summed E-state index contributed by atoms with van der Waals surface area (Å²) < 4.78 is 1.85. The van der Waals surface area contributed by atoms with Crippen molar-refractivity contribution in [1.29, 1.82) is 0 Å². The lowest BCUT2D eigenvalue weighted by Crippen LogP contribution is -2.35. The van der Waals surface area contributed by atoms with Crippen LogP contribution < -0.4 is 0 Å². The molecule has 1 amide bonds. The van der Waals surface area contributed by atoms with Crippen LogP contribution in [0.25, 0.3) is 5.69 Å². The Kier molecular flexibility index (Phi) is 5.99. The number of carbonyl (C=O) groups excluding carboxylic acids is 1. The number of amides is 1. The largest absolute Gasteiger partial charge is 0.340 e. The Hall–Kier alpha value is -1.85. The van der Waals surface area contributed by atoms with Gasteiger partial charge < -0.3 is 9.80 Å². The summed E-state index contributed by atoms with van der Waals surface area (Å²) >= 11 is 5.99. The average Bonchev–Trinajstić information content (AvgIpc) is 3.29. The lowest BCUT2D eigenvalue weighted by atomic mass is 10.0. The summed E-state index contributed by atoms with van der Waals surface area (Å²) in [6.45, 7) is 8.14. The highest BCUT2D eigenvalue weighted by molar-refractivity contribution is 6.30. The topological polar surface area (TPSA) is 41.4 Å². The van der Waals surface area contributed by atoms with E-state index in [9.17, 15) is 4.79 Å². The van der Waals surface area contributed by atoms with Crippen molar-refractivity contribution in [3.05, 3.63) is 46.7 Å². The molecule has 5 nitrogen and oxygen atoms in total. The van der Waals surface area contributed by atoms with Gasteiger partial charge in [-0.3, -0.25) is 4.79 Å². The summed E-state index contributed by atoms with van der Waals surface area (Å²) in [6.07, 6.45) is 4.23. The number of benzene rings is 1. The minimum atomic E-state index is 0.0353. The Balaban J connectivity index is 1.80. The molecule has 1 aliphatic rings. The molecule has 0 bridgehead atoms. The lowest BCUT2D eigenvalue weighted by Gasteiger charge is -2.22. The van der Waals surface area contributed by atoms with E-state index in [1.807, 2.05) is 40.9 Å². The first-order valence-corrected chi connectivity index (χ1v) is 9.67. The maximum atomic E-state index is 13.0. The van der Waals surface area contributed by atoms with Crippen molar-refractivity contribution in [3.8, 4) is 5.69 Å². The van der Waals surface area contributed by atoms with Crippen LogP contribution in [0.4, 0.5) is 0 Å². The highest BCUT2D eigenvalue weighted by Gasteiger charge is 2.23. The molecule has 0 N–H and O–H groups in total. The second-order valence-corrected chi connectivity index (χ2v) is 7.70. The molecule has 0 aliphatic carbocycles. The maximum absolute atomic E-state index is 13.0. The third kappa shape index (κ3) is 4.10. The minimum Gasteiger partial charge on any atom is -0.340 e. The summed E-state index contributed by atoms with van der Waals surface area (Å²) in [5.41, 5.74) is 2.53. The summed E-state index contributed by atoms with van der Waals surface area (Å²) in [7, 11) is 1.88. The molecule has 6 heteroatoms. The van der Waals surface area contributed by atoms with Gasteiger partial charge in [-0.2, -0.15) is 5.10 Å². The van der Waals surface area contributed by atoms with E-state index in [1.165, 1.54) is 12.8 Å². The number of likely N-dealkylation sites (N-methyl/N-ethyl adjacent to an activating group) is 1. The lowest BCUT2D eigenvalue weighted by molar-refractivity contribution is 0.0781. The van der Waals surface area contributed by atoms with Crippen molar-refractivity contribution >= 4 is 17.5 Å². The van der Waals surface area contributed by atoms with E-state index in [2.05, 4.69) is 23.8 Å². The normalized spacial score (nSPS) is 15.0. The van der Waals surface area contributed by atoms with Gasteiger partial charge in [0.25, 0.3) is 5.91 Å². The van der Waals surface area contributed by atoms with Crippen molar-refractivity contribution in [2.45, 2.75) is 32.6 Å². The predicted octanol–water partition coefficient (Wildman–Crippen LogP) is 3.82. The van der Waals surface area contributed by atoms with Crippen LogP contribution >= 0.6 is 11.6 Å². The summed E-state index contributed by atoms with van der Waals surface area (Å²) in [5, 5.41) is 5.18. The third-order valence-corrected chi connectivity index (χ3v) is 5.20. The first kappa shape index (κ1) is 18.9. The van der Waals surface area contributed by atoms with Crippen LogP contribution in [0.3, 0.4) is 0 Å². The highest BCUT2D eigenvalue weighted by atomic mass is 35.5. The van der Waals surface area contributed by atoms with E-state index in [0.29, 0.717) is 10.6 Å². The van der Waals surface area contributed by atoms with E-state index in [1.54, 1.807) is 6.20 Å². The van der Waals surface area contributed by atoms with Gasteiger partial charge in [-0.25, -0.2) is 4.68 Å². The van der Waals surface area contributed by atoms with Crippen molar-refractivity contribution < 1.29 is 4.79 Å². The van der Waals surface area contributed by atoms with Crippen molar-refractivity contribution in [2.24, 2.45) is 0 Å². The van der Waals surface area contributed by atoms with Crippen molar-refractivity contribution in [3.63, 3.8) is 0 Å². The molecule has 0 unspecified atom stereocenters. The Morgan fingerprint density at radius 3 is 2.50 bits per heavy atom. The van der Waals surface area contributed by atoms with Gasteiger partial charge in [-0.1, -0.05) is 25.4 Å². The van der Waals surface area contributed by atoms with E-state index < -0.39 is 0 Å². The highest BCUT2D eigenvalue weighted by Crippen LogP contribution is 2.25. The molecule has 0 radical (unpaired) electrons. The van der Waals surface area contributed by atoms with Crippen molar-refractivity contribution in [2.75, 3.05) is 33.2 Å².